The summed E-state index contributed by atoms with van der Waals surface area (Å²) in [5, 5.41) is 3.15. The van der Waals surface area contributed by atoms with Crippen LogP contribution < -0.4 is 5.32 Å². The van der Waals surface area contributed by atoms with Crippen LogP contribution in [0.1, 0.15) is 43.1 Å². The Morgan fingerprint density at radius 2 is 1.79 bits per heavy atom. The molecule has 1 aliphatic rings. The fourth-order valence-corrected chi connectivity index (χ4v) is 4.60. The van der Waals surface area contributed by atoms with Gasteiger partial charge in [0.15, 0.2) is 5.78 Å². The van der Waals surface area contributed by atoms with Crippen LogP contribution in [-0.4, -0.2) is 43.5 Å². The van der Waals surface area contributed by atoms with Crippen molar-refractivity contribution in [1.29, 1.82) is 0 Å². The van der Waals surface area contributed by atoms with Gasteiger partial charge < -0.3 is 4.90 Å². The first-order valence-corrected chi connectivity index (χ1v) is 12.5. The zero-order valence-electron chi connectivity index (χ0n) is 20.6. The molecular weight excluding hydrogens is 502 g/mol. The van der Waals surface area contributed by atoms with E-state index in [9.17, 15) is 14.4 Å². The molecule has 0 fully saturated rings. The molecule has 0 aliphatic carbocycles. The molecule has 2 aromatic heterocycles. The van der Waals surface area contributed by atoms with E-state index in [-0.39, 0.29) is 36.5 Å². The molecule has 9 heteroatoms. The van der Waals surface area contributed by atoms with Crippen molar-refractivity contribution in [1.82, 2.24) is 19.9 Å². The predicted octanol–water partition coefficient (Wildman–Crippen LogP) is 4.46. The number of Topliss-reactive ketones (excluding diaryl/α,β-unsaturated/α-hetero) is 1. The molecule has 4 aromatic rings. The third kappa shape index (κ3) is 5.60. The highest BCUT2D eigenvalue weighted by molar-refractivity contribution is 6.30. The molecule has 0 bridgehead atoms. The first-order chi connectivity index (χ1) is 18.4. The number of anilines is 1. The molecule has 0 spiro atoms. The van der Waals surface area contributed by atoms with Gasteiger partial charge in [-0.2, -0.15) is 0 Å². The number of aromatic nitrogens is 3. The van der Waals surface area contributed by atoms with E-state index in [0.29, 0.717) is 28.1 Å². The van der Waals surface area contributed by atoms with Gasteiger partial charge >= 0.3 is 0 Å². The summed E-state index contributed by atoms with van der Waals surface area (Å²) in [5.41, 5.74) is 3.88. The van der Waals surface area contributed by atoms with Crippen molar-refractivity contribution >= 4 is 35.1 Å². The van der Waals surface area contributed by atoms with Gasteiger partial charge in [0.2, 0.25) is 5.95 Å². The minimum Gasteiger partial charge on any atom is -0.324 e. The number of carbonyl (C=O) groups is 3. The average Bonchev–Trinajstić information content (AvgIpc) is 3.00. The smallest absolute Gasteiger partial charge is 0.258 e. The molecule has 190 valence electrons. The van der Waals surface area contributed by atoms with Gasteiger partial charge in [-0.3, -0.25) is 24.7 Å². The summed E-state index contributed by atoms with van der Waals surface area (Å²) < 4.78 is 0. The number of rotatable bonds is 6. The number of ketones is 1. The molecule has 38 heavy (non-hydrogen) atoms. The van der Waals surface area contributed by atoms with Crippen LogP contribution in [0, 0.1) is 6.92 Å². The van der Waals surface area contributed by atoms with Gasteiger partial charge in [0.1, 0.15) is 0 Å². The van der Waals surface area contributed by atoms with Crippen LogP contribution >= 0.6 is 11.6 Å². The number of hydrogen-bond donors (Lipinski definition) is 1. The van der Waals surface area contributed by atoms with Gasteiger partial charge in [0.05, 0.1) is 6.04 Å². The third-order valence-corrected chi connectivity index (χ3v) is 6.61. The molecule has 2 amide bonds. The second-order valence-electron chi connectivity index (χ2n) is 9.15. The van der Waals surface area contributed by atoms with Gasteiger partial charge in [-0.15, -0.1) is 0 Å². The van der Waals surface area contributed by atoms with Crippen LogP contribution in [0.2, 0.25) is 5.02 Å². The van der Waals surface area contributed by atoms with Crippen LogP contribution in [-0.2, 0) is 24.2 Å². The van der Waals surface area contributed by atoms with E-state index in [2.05, 4.69) is 20.3 Å². The topological polar surface area (TPSA) is 105 Å². The van der Waals surface area contributed by atoms with Gasteiger partial charge in [-0.25, -0.2) is 9.97 Å². The molecule has 3 heterocycles. The highest BCUT2D eigenvalue weighted by Gasteiger charge is 2.35. The molecule has 8 nitrogen and oxygen atoms in total. The zero-order chi connectivity index (χ0) is 26.6. The minimum absolute atomic E-state index is 0.0842. The molecule has 0 radical (unpaired) electrons. The van der Waals surface area contributed by atoms with Gasteiger partial charge in [0, 0.05) is 59.8 Å². The van der Waals surface area contributed by atoms with E-state index in [1.165, 1.54) is 0 Å². The Morgan fingerprint density at radius 3 is 2.50 bits per heavy atom. The minimum atomic E-state index is -0.703. The molecule has 5 rings (SSSR count). The van der Waals surface area contributed by atoms with Crippen molar-refractivity contribution < 1.29 is 14.4 Å². The van der Waals surface area contributed by atoms with E-state index < -0.39 is 6.04 Å². The molecule has 1 atom stereocenters. The van der Waals surface area contributed by atoms with Crippen molar-refractivity contribution in [3.63, 3.8) is 0 Å². The Labute approximate surface area is 224 Å². The van der Waals surface area contributed by atoms with Crippen LogP contribution in [0.3, 0.4) is 0 Å². The summed E-state index contributed by atoms with van der Waals surface area (Å²) in [6.45, 7) is 2.05. The number of pyridine rings is 1. The molecular formula is C29H24ClN5O3. The second-order valence-corrected chi connectivity index (χ2v) is 9.59. The zero-order valence-corrected chi connectivity index (χ0v) is 21.4. The molecule has 1 N–H and O–H groups in total. The predicted molar refractivity (Wildman–Crippen MR) is 143 cm³/mol. The lowest BCUT2D eigenvalue weighted by molar-refractivity contribution is -0.122. The molecule has 0 unspecified atom stereocenters. The van der Waals surface area contributed by atoms with Crippen molar-refractivity contribution in [2.45, 2.75) is 32.4 Å². The summed E-state index contributed by atoms with van der Waals surface area (Å²) >= 11 is 6.17. The molecule has 1 aliphatic heterocycles. The molecule has 2 aromatic carbocycles. The number of hydrogen-bond acceptors (Lipinski definition) is 6. The Balaban J connectivity index is 1.40. The highest BCUT2D eigenvalue weighted by atomic mass is 35.5. The second kappa shape index (κ2) is 10.9. The number of aryl methyl sites for hydroxylation is 1. The van der Waals surface area contributed by atoms with Crippen molar-refractivity contribution in [2.75, 3.05) is 5.32 Å². The van der Waals surface area contributed by atoms with E-state index in [0.717, 1.165) is 16.8 Å². The summed E-state index contributed by atoms with van der Waals surface area (Å²) in [4.78, 5) is 54.0. The summed E-state index contributed by atoms with van der Waals surface area (Å²) in [6, 6.07) is 16.7. The number of nitrogens with zero attached hydrogens (tertiary/aromatic N) is 4. The number of halogens is 1. The van der Waals surface area contributed by atoms with Gasteiger partial charge in [0.25, 0.3) is 11.8 Å². The highest BCUT2D eigenvalue weighted by Crippen LogP contribution is 2.27. The SMILES string of the molecule is Cc1cnc(NC(=O)c2ccc(CN3C(=O)c4ccc(Cl)cc4CC(=O)[C@H]3Cc3ccccn3)cc2)nc1. The van der Waals surface area contributed by atoms with Crippen LogP contribution in [0.5, 0.6) is 0 Å². The fraction of sp³-hybridized carbons (Fsp3) is 0.172. The number of amides is 2. The normalized spacial score (nSPS) is 15.1. The lowest BCUT2D eigenvalue weighted by atomic mass is 9.99. The Bertz CT molecular complexity index is 1490. The maximum absolute atomic E-state index is 13.7. The summed E-state index contributed by atoms with van der Waals surface area (Å²) in [7, 11) is 0. The van der Waals surface area contributed by atoms with Crippen LogP contribution in [0.4, 0.5) is 5.95 Å². The van der Waals surface area contributed by atoms with Crippen LogP contribution in [0.25, 0.3) is 0 Å². The first-order valence-electron chi connectivity index (χ1n) is 12.1. The number of nitrogens with one attached hydrogen (secondary N) is 1. The maximum Gasteiger partial charge on any atom is 0.258 e. The van der Waals surface area contributed by atoms with E-state index >= 15 is 0 Å². The fourth-order valence-electron chi connectivity index (χ4n) is 4.40. The van der Waals surface area contributed by atoms with E-state index in [4.69, 9.17) is 11.6 Å². The van der Waals surface area contributed by atoms with E-state index in [1.807, 2.05) is 25.1 Å². The van der Waals surface area contributed by atoms with E-state index in [1.54, 1.807) is 66.0 Å². The van der Waals surface area contributed by atoms with Crippen molar-refractivity contribution in [2.24, 2.45) is 0 Å². The van der Waals surface area contributed by atoms with Crippen molar-refractivity contribution in [3.8, 4) is 0 Å². The largest absolute Gasteiger partial charge is 0.324 e. The summed E-state index contributed by atoms with van der Waals surface area (Å²) in [6.07, 6.45) is 5.32. The number of benzene rings is 2. The third-order valence-electron chi connectivity index (χ3n) is 6.38. The summed E-state index contributed by atoms with van der Waals surface area (Å²) in [5.74, 6) is -0.462. The monoisotopic (exact) mass is 525 g/mol. The Kier molecular flexibility index (Phi) is 7.24. The molecule has 0 saturated carbocycles. The van der Waals surface area contributed by atoms with Gasteiger partial charge in [-0.05, 0) is 66.1 Å². The number of fused-ring (bicyclic) bond motifs is 1. The lowest BCUT2D eigenvalue weighted by Gasteiger charge is -2.29. The number of carbonyl (C=O) groups excluding carboxylic acids is 3. The average molecular weight is 526 g/mol. The van der Waals surface area contributed by atoms with Gasteiger partial charge in [-0.1, -0.05) is 29.8 Å². The quantitative estimate of drug-likeness (QED) is 0.398. The standard InChI is InChI=1S/C29H24ClN5O3/c1-18-15-32-29(33-16-18)34-27(37)20-7-5-19(6-8-20)17-35-25(14-23-4-2-3-11-31-23)26(36)13-21-12-22(30)9-10-24(21)28(35)38/h2-12,15-16,25H,13-14,17H2,1H3,(H,32,33,34,37)/t25-/m1/s1. The lowest BCUT2D eigenvalue weighted by Crippen LogP contribution is -2.44. The van der Waals surface area contributed by atoms with Crippen LogP contribution in [0.15, 0.2) is 79.3 Å². The Morgan fingerprint density at radius 1 is 1.03 bits per heavy atom. The maximum atomic E-state index is 13.7. The first kappa shape index (κ1) is 25.2. The van der Waals surface area contributed by atoms with Crippen molar-refractivity contribution in [3.05, 3.63) is 118 Å². The molecule has 0 saturated heterocycles. The Hall–Kier alpha value is -4.43.